The van der Waals surface area contributed by atoms with Crippen LogP contribution in [0.25, 0.3) is 0 Å². The zero-order chi connectivity index (χ0) is 19.0. The molecule has 0 unspecified atom stereocenters. The van der Waals surface area contributed by atoms with Crippen LogP contribution in [0.15, 0.2) is 18.7 Å². The highest BCUT2D eigenvalue weighted by Crippen LogP contribution is 2.30. The Labute approximate surface area is 159 Å². The van der Waals surface area contributed by atoms with Crippen LogP contribution in [0.1, 0.15) is 42.8 Å². The van der Waals surface area contributed by atoms with E-state index in [1.54, 1.807) is 0 Å². The van der Waals surface area contributed by atoms with Crippen molar-refractivity contribution in [3.63, 3.8) is 0 Å². The van der Waals surface area contributed by atoms with Crippen LogP contribution in [0.5, 0.6) is 0 Å². The molecule has 8 nitrogen and oxygen atoms in total. The monoisotopic (exact) mass is 372 g/mol. The van der Waals surface area contributed by atoms with Crippen molar-refractivity contribution in [1.82, 2.24) is 29.1 Å². The smallest absolute Gasteiger partial charge is 0.233 e. The van der Waals surface area contributed by atoms with E-state index in [9.17, 15) is 4.79 Å². The van der Waals surface area contributed by atoms with Gasteiger partial charge in [-0.2, -0.15) is 5.10 Å². The first kappa shape index (κ1) is 18.2. The summed E-state index contributed by atoms with van der Waals surface area (Å²) in [6, 6.07) is 0.346. The van der Waals surface area contributed by atoms with E-state index in [0.29, 0.717) is 38.9 Å². The molecule has 2 aromatic rings. The van der Waals surface area contributed by atoms with Crippen LogP contribution in [0.4, 0.5) is 0 Å². The maximum atomic E-state index is 13.2. The lowest BCUT2D eigenvalue weighted by molar-refractivity contribution is -0.138. The topological polar surface area (TPSA) is 68.4 Å². The molecule has 0 aromatic carbocycles. The Morgan fingerprint density at radius 2 is 2.11 bits per heavy atom. The molecule has 0 saturated carbocycles. The van der Waals surface area contributed by atoms with Crippen LogP contribution in [0.2, 0.25) is 0 Å². The Bertz CT molecular complexity index is 805. The van der Waals surface area contributed by atoms with Crippen molar-refractivity contribution < 1.29 is 9.53 Å². The third-order valence-corrected chi connectivity index (χ3v) is 5.42. The highest BCUT2D eigenvalue weighted by Gasteiger charge is 2.36. The second-order valence-corrected chi connectivity index (χ2v) is 7.77. The maximum Gasteiger partial charge on any atom is 0.233 e. The van der Waals surface area contributed by atoms with Gasteiger partial charge >= 0.3 is 0 Å². The van der Waals surface area contributed by atoms with E-state index in [-0.39, 0.29) is 11.8 Å². The number of nitrogens with zero attached hydrogens (tertiary/aromatic N) is 6. The third-order valence-electron chi connectivity index (χ3n) is 5.42. The molecule has 2 aliphatic heterocycles. The van der Waals surface area contributed by atoms with Gasteiger partial charge in [0.2, 0.25) is 5.91 Å². The lowest BCUT2D eigenvalue weighted by Crippen LogP contribution is -2.47. The fourth-order valence-corrected chi connectivity index (χ4v) is 4.00. The van der Waals surface area contributed by atoms with Crippen LogP contribution in [0, 0.1) is 0 Å². The number of carbonyl (C=O) groups is 1. The summed E-state index contributed by atoms with van der Waals surface area (Å²) in [5, 5.41) is 4.44. The van der Waals surface area contributed by atoms with Gasteiger partial charge in [0.25, 0.3) is 0 Å². The van der Waals surface area contributed by atoms with Crippen LogP contribution >= 0.6 is 0 Å². The number of carbonyl (C=O) groups excluding carboxylic acids is 1. The molecule has 4 heterocycles. The molecule has 1 atom stereocenters. The standard InChI is InChI=1S/C19H28N6O2/c1-14(2)25-10-15(8-21-25)9-23-11-16(18-17(12-23)20-13-22(18)3)19(26)24-4-6-27-7-5-24/h8,10,13-14,16H,4-7,9,11-12H2,1-3H3/t16-/m1/s1. The summed E-state index contributed by atoms with van der Waals surface area (Å²) in [6.45, 7) is 9.06. The first-order chi connectivity index (χ1) is 13.0. The van der Waals surface area contributed by atoms with Crippen molar-refractivity contribution in [3.05, 3.63) is 35.7 Å². The summed E-state index contributed by atoms with van der Waals surface area (Å²) in [5.74, 6) is 0.00483. The van der Waals surface area contributed by atoms with Crippen LogP contribution in [0.3, 0.4) is 0 Å². The van der Waals surface area contributed by atoms with Gasteiger partial charge in [-0.05, 0) is 13.8 Å². The lowest BCUT2D eigenvalue weighted by atomic mass is 9.96. The molecular weight excluding hydrogens is 344 g/mol. The predicted octanol–water partition coefficient (Wildman–Crippen LogP) is 1.16. The minimum Gasteiger partial charge on any atom is -0.378 e. The molecular formula is C19H28N6O2. The summed E-state index contributed by atoms with van der Waals surface area (Å²) in [6.07, 6.45) is 5.84. The molecule has 0 N–H and O–H groups in total. The highest BCUT2D eigenvalue weighted by atomic mass is 16.5. The van der Waals surface area contributed by atoms with Gasteiger partial charge in [0.15, 0.2) is 0 Å². The summed E-state index contributed by atoms with van der Waals surface area (Å²) < 4.78 is 9.39. The molecule has 146 valence electrons. The van der Waals surface area contributed by atoms with E-state index in [0.717, 1.165) is 24.5 Å². The first-order valence-corrected chi connectivity index (χ1v) is 9.65. The molecule has 27 heavy (non-hydrogen) atoms. The number of imidazole rings is 1. The fraction of sp³-hybridized carbons (Fsp3) is 0.632. The van der Waals surface area contributed by atoms with E-state index < -0.39 is 0 Å². The highest BCUT2D eigenvalue weighted by molar-refractivity contribution is 5.84. The predicted molar refractivity (Wildman–Crippen MR) is 100 cm³/mol. The van der Waals surface area contributed by atoms with Gasteiger partial charge in [0.1, 0.15) is 0 Å². The molecule has 0 spiro atoms. The number of rotatable bonds is 4. The minimum absolute atomic E-state index is 0.181. The van der Waals surface area contributed by atoms with E-state index in [2.05, 4.69) is 35.0 Å². The van der Waals surface area contributed by atoms with Crippen molar-refractivity contribution in [1.29, 1.82) is 0 Å². The normalized spacial score (nSPS) is 20.9. The number of fused-ring (bicyclic) bond motifs is 1. The maximum absolute atomic E-state index is 13.2. The van der Waals surface area contributed by atoms with Crippen molar-refractivity contribution in [2.45, 2.75) is 38.9 Å². The summed E-state index contributed by atoms with van der Waals surface area (Å²) in [5.41, 5.74) is 3.23. The van der Waals surface area contributed by atoms with Gasteiger partial charge in [-0.1, -0.05) is 0 Å². The number of ether oxygens (including phenoxy) is 1. The lowest BCUT2D eigenvalue weighted by Gasteiger charge is -2.36. The van der Waals surface area contributed by atoms with E-state index in [4.69, 9.17) is 4.74 Å². The Hall–Kier alpha value is -2.19. The number of hydrogen-bond acceptors (Lipinski definition) is 5. The van der Waals surface area contributed by atoms with Gasteiger partial charge in [0.05, 0.1) is 43.0 Å². The second-order valence-electron chi connectivity index (χ2n) is 7.77. The molecule has 1 fully saturated rings. The fourth-order valence-electron chi connectivity index (χ4n) is 4.00. The zero-order valence-electron chi connectivity index (χ0n) is 16.3. The third kappa shape index (κ3) is 3.64. The number of aromatic nitrogens is 4. The largest absolute Gasteiger partial charge is 0.378 e. The van der Waals surface area contributed by atoms with E-state index >= 15 is 0 Å². The molecule has 4 rings (SSSR count). The average Bonchev–Trinajstić information content (AvgIpc) is 3.29. The van der Waals surface area contributed by atoms with Crippen LogP contribution in [-0.4, -0.2) is 67.9 Å². The SMILES string of the molecule is CC(C)n1cc(CN2Cc3ncn(C)c3[C@H](C(=O)N3CCOCC3)C2)cn1. The molecule has 0 radical (unpaired) electrons. The minimum atomic E-state index is -0.181. The summed E-state index contributed by atoms with van der Waals surface area (Å²) in [7, 11) is 1.98. The van der Waals surface area contributed by atoms with Crippen molar-refractivity contribution >= 4 is 5.91 Å². The quantitative estimate of drug-likeness (QED) is 0.806. The van der Waals surface area contributed by atoms with E-state index in [1.807, 2.05) is 33.7 Å². The molecule has 1 amide bonds. The average molecular weight is 372 g/mol. The van der Waals surface area contributed by atoms with Crippen molar-refractivity contribution in [2.75, 3.05) is 32.8 Å². The Kier molecular flexibility index (Phi) is 5.01. The first-order valence-electron chi connectivity index (χ1n) is 9.65. The summed E-state index contributed by atoms with van der Waals surface area (Å²) >= 11 is 0. The van der Waals surface area contributed by atoms with Crippen LogP contribution in [-0.2, 0) is 29.7 Å². The molecule has 1 saturated heterocycles. The molecule has 8 heteroatoms. The van der Waals surface area contributed by atoms with Crippen molar-refractivity contribution in [2.24, 2.45) is 7.05 Å². The van der Waals surface area contributed by atoms with Crippen molar-refractivity contribution in [3.8, 4) is 0 Å². The molecule has 2 aromatic heterocycles. The molecule has 2 aliphatic rings. The second kappa shape index (κ2) is 7.44. The van der Waals surface area contributed by atoms with Gasteiger partial charge in [-0.25, -0.2) is 4.98 Å². The number of aryl methyl sites for hydroxylation is 1. The molecule has 0 aliphatic carbocycles. The van der Waals surface area contributed by atoms with Crippen LogP contribution < -0.4 is 0 Å². The van der Waals surface area contributed by atoms with Gasteiger partial charge in [-0.15, -0.1) is 0 Å². The van der Waals surface area contributed by atoms with E-state index in [1.165, 1.54) is 5.56 Å². The Balaban J connectivity index is 1.54. The Morgan fingerprint density at radius 1 is 1.33 bits per heavy atom. The summed E-state index contributed by atoms with van der Waals surface area (Å²) in [4.78, 5) is 22.0. The molecule has 0 bridgehead atoms. The van der Waals surface area contributed by atoms with Gasteiger partial charge in [-0.3, -0.25) is 14.4 Å². The zero-order valence-corrected chi connectivity index (χ0v) is 16.3. The van der Waals surface area contributed by atoms with Gasteiger partial charge < -0.3 is 14.2 Å². The number of amides is 1. The Morgan fingerprint density at radius 3 is 2.81 bits per heavy atom. The van der Waals surface area contributed by atoms with Gasteiger partial charge in [0, 0.05) is 57.6 Å². The number of morpholine rings is 1. The number of hydrogen-bond donors (Lipinski definition) is 0.